The molecule has 70 valence electrons. The van der Waals surface area contributed by atoms with Crippen molar-refractivity contribution in [3.05, 3.63) is 29.1 Å². The van der Waals surface area contributed by atoms with Crippen LogP contribution in [0.15, 0.2) is 12.1 Å². The van der Waals surface area contributed by atoms with E-state index in [0.29, 0.717) is 5.56 Å². The fraction of sp³-hybridized carbons (Fsp3) is 0.300. The zero-order valence-electron chi connectivity index (χ0n) is 7.93. The zero-order chi connectivity index (χ0) is 10.4. The zero-order valence-corrected chi connectivity index (χ0v) is 7.93. The molecule has 0 unspecified atom stereocenters. The van der Waals surface area contributed by atoms with Gasteiger partial charge in [0.15, 0.2) is 0 Å². The summed E-state index contributed by atoms with van der Waals surface area (Å²) in [5.41, 5.74) is 0.351. The summed E-state index contributed by atoms with van der Waals surface area (Å²) in [5, 5.41) is 17.5. The van der Waals surface area contributed by atoms with E-state index in [1.54, 1.807) is 13.0 Å². The third-order valence-corrected chi connectivity index (χ3v) is 1.39. The SMILES string of the molecule is CC.Cc1cc(F)cc(C#N)c1O. The fourth-order valence-electron chi connectivity index (χ4n) is 0.821. The monoisotopic (exact) mass is 181 g/mol. The molecule has 0 atom stereocenters. The average Bonchev–Trinajstić information content (AvgIpc) is 2.14. The van der Waals surface area contributed by atoms with Crippen LogP contribution in [0, 0.1) is 24.1 Å². The summed E-state index contributed by atoms with van der Waals surface area (Å²) in [6, 6.07) is 3.87. The molecule has 1 aromatic carbocycles. The van der Waals surface area contributed by atoms with Crippen LogP contribution in [0.2, 0.25) is 0 Å². The third kappa shape index (κ3) is 2.75. The van der Waals surface area contributed by atoms with Gasteiger partial charge in [-0.3, -0.25) is 0 Å². The average molecular weight is 181 g/mol. The molecule has 0 aromatic heterocycles. The van der Waals surface area contributed by atoms with E-state index < -0.39 is 5.82 Å². The number of halogens is 1. The quantitative estimate of drug-likeness (QED) is 0.668. The number of aromatic hydroxyl groups is 1. The van der Waals surface area contributed by atoms with Crippen molar-refractivity contribution < 1.29 is 9.50 Å². The number of phenolic OH excluding ortho intramolecular Hbond substituents is 1. The van der Waals surface area contributed by atoms with Crippen LogP contribution < -0.4 is 0 Å². The van der Waals surface area contributed by atoms with E-state index in [-0.39, 0.29) is 11.3 Å². The Morgan fingerprint density at radius 2 is 1.92 bits per heavy atom. The summed E-state index contributed by atoms with van der Waals surface area (Å²) in [5.74, 6) is -0.647. The number of hydrogen-bond acceptors (Lipinski definition) is 2. The second kappa shape index (κ2) is 5.15. The summed E-state index contributed by atoms with van der Waals surface area (Å²) in [7, 11) is 0. The Morgan fingerprint density at radius 3 is 2.38 bits per heavy atom. The van der Waals surface area contributed by atoms with Crippen LogP contribution >= 0.6 is 0 Å². The molecule has 13 heavy (non-hydrogen) atoms. The second-order valence-electron chi connectivity index (χ2n) is 2.23. The smallest absolute Gasteiger partial charge is 0.136 e. The lowest BCUT2D eigenvalue weighted by atomic mass is 10.1. The minimum Gasteiger partial charge on any atom is -0.506 e. The van der Waals surface area contributed by atoms with Gasteiger partial charge in [-0.25, -0.2) is 4.39 Å². The van der Waals surface area contributed by atoms with E-state index in [4.69, 9.17) is 10.4 Å². The molecule has 0 radical (unpaired) electrons. The van der Waals surface area contributed by atoms with Crippen molar-refractivity contribution in [2.24, 2.45) is 0 Å². The first kappa shape index (κ1) is 11.4. The van der Waals surface area contributed by atoms with Crippen molar-refractivity contribution in [3.63, 3.8) is 0 Å². The topological polar surface area (TPSA) is 44.0 Å². The number of benzene rings is 1. The van der Waals surface area contributed by atoms with Crippen molar-refractivity contribution >= 4 is 0 Å². The van der Waals surface area contributed by atoms with Gasteiger partial charge >= 0.3 is 0 Å². The molecule has 0 spiro atoms. The highest BCUT2D eigenvalue weighted by atomic mass is 19.1. The molecule has 0 fully saturated rings. The first-order valence-electron chi connectivity index (χ1n) is 4.04. The maximum absolute atomic E-state index is 12.5. The number of nitrogens with zero attached hydrogens (tertiary/aromatic N) is 1. The van der Waals surface area contributed by atoms with Gasteiger partial charge in [0, 0.05) is 0 Å². The van der Waals surface area contributed by atoms with Gasteiger partial charge in [-0.2, -0.15) is 5.26 Å². The number of aryl methyl sites for hydroxylation is 1. The van der Waals surface area contributed by atoms with E-state index in [9.17, 15) is 4.39 Å². The first-order valence-corrected chi connectivity index (χ1v) is 4.04. The molecule has 1 N–H and O–H groups in total. The molecule has 0 aliphatic carbocycles. The van der Waals surface area contributed by atoms with Gasteiger partial charge in [-0.15, -0.1) is 0 Å². The molecule has 0 saturated carbocycles. The molecule has 0 saturated heterocycles. The lowest BCUT2D eigenvalue weighted by molar-refractivity contribution is 0.466. The number of rotatable bonds is 0. The highest BCUT2D eigenvalue weighted by Crippen LogP contribution is 2.21. The minimum absolute atomic E-state index is 0.0255. The lowest BCUT2D eigenvalue weighted by Gasteiger charge is -1.99. The molecule has 0 heterocycles. The predicted molar refractivity (Wildman–Crippen MR) is 48.9 cm³/mol. The summed E-state index contributed by atoms with van der Waals surface area (Å²) in [4.78, 5) is 0. The van der Waals surface area contributed by atoms with Crippen molar-refractivity contribution in [2.45, 2.75) is 20.8 Å². The van der Waals surface area contributed by atoms with Crippen LogP contribution in [-0.2, 0) is 0 Å². The lowest BCUT2D eigenvalue weighted by Crippen LogP contribution is -1.84. The van der Waals surface area contributed by atoms with Crippen LogP contribution in [0.5, 0.6) is 5.75 Å². The molecular formula is C10H12FNO. The molecule has 0 aliphatic heterocycles. The normalized spacial score (nSPS) is 8.23. The van der Waals surface area contributed by atoms with Gasteiger partial charge in [-0.05, 0) is 24.6 Å². The maximum Gasteiger partial charge on any atom is 0.136 e. The number of nitriles is 1. The van der Waals surface area contributed by atoms with Gasteiger partial charge in [0.2, 0.25) is 0 Å². The highest BCUT2D eigenvalue weighted by molar-refractivity contribution is 5.47. The first-order chi connectivity index (χ1) is 6.15. The molecule has 2 nitrogen and oxygen atoms in total. The standard InChI is InChI=1S/C8H6FNO.C2H6/c1-5-2-7(9)3-6(4-10)8(5)11;1-2/h2-3,11H,1H3;1-2H3. The van der Waals surface area contributed by atoms with Crippen molar-refractivity contribution in [2.75, 3.05) is 0 Å². The molecule has 3 heteroatoms. The van der Waals surface area contributed by atoms with Gasteiger partial charge in [0.25, 0.3) is 0 Å². The summed E-state index contributed by atoms with van der Waals surface area (Å²) < 4.78 is 12.5. The molecule has 1 aromatic rings. The van der Waals surface area contributed by atoms with E-state index in [2.05, 4.69) is 0 Å². The third-order valence-electron chi connectivity index (χ3n) is 1.39. The van der Waals surface area contributed by atoms with Crippen LogP contribution in [0.3, 0.4) is 0 Å². The molecule has 1 rings (SSSR count). The molecule has 0 bridgehead atoms. The minimum atomic E-state index is -0.503. The van der Waals surface area contributed by atoms with Crippen molar-refractivity contribution in [1.82, 2.24) is 0 Å². The summed E-state index contributed by atoms with van der Waals surface area (Å²) in [6.07, 6.45) is 0. The van der Waals surface area contributed by atoms with Crippen molar-refractivity contribution in [3.8, 4) is 11.8 Å². The molecular weight excluding hydrogens is 169 g/mol. The van der Waals surface area contributed by atoms with Gasteiger partial charge in [-0.1, -0.05) is 13.8 Å². The van der Waals surface area contributed by atoms with Gasteiger partial charge in [0.1, 0.15) is 17.6 Å². The Morgan fingerprint density at radius 1 is 1.38 bits per heavy atom. The Labute approximate surface area is 77.2 Å². The Hall–Kier alpha value is -1.56. The predicted octanol–water partition coefficient (Wildman–Crippen LogP) is 2.74. The number of phenols is 1. The van der Waals surface area contributed by atoms with E-state index in [1.807, 2.05) is 13.8 Å². The Kier molecular flexibility index (Phi) is 4.53. The van der Waals surface area contributed by atoms with Crippen LogP contribution in [0.4, 0.5) is 4.39 Å². The maximum atomic E-state index is 12.5. The number of hydrogen-bond donors (Lipinski definition) is 1. The van der Waals surface area contributed by atoms with Crippen LogP contribution in [-0.4, -0.2) is 5.11 Å². The second-order valence-corrected chi connectivity index (χ2v) is 2.23. The van der Waals surface area contributed by atoms with E-state index in [1.165, 1.54) is 6.07 Å². The summed E-state index contributed by atoms with van der Waals surface area (Å²) in [6.45, 7) is 5.54. The highest BCUT2D eigenvalue weighted by Gasteiger charge is 2.05. The van der Waals surface area contributed by atoms with E-state index >= 15 is 0 Å². The fourth-order valence-corrected chi connectivity index (χ4v) is 0.821. The van der Waals surface area contributed by atoms with Gasteiger partial charge in [0.05, 0.1) is 5.56 Å². The van der Waals surface area contributed by atoms with Crippen molar-refractivity contribution in [1.29, 1.82) is 5.26 Å². The Bertz CT molecular complexity index is 328. The van der Waals surface area contributed by atoms with Crippen LogP contribution in [0.1, 0.15) is 25.0 Å². The largest absolute Gasteiger partial charge is 0.506 e. The molecule has 0 amide bonds. The van der Waals surface area contributed by atoms with Gasteiger partial charge < -0.3 is 5.11 Å². The Balaban J connectivity index is 0.000000671. The summed E-state index contributed by atoms with van der Waals surface area (Å²) >= 11 is 0. The van der Waals surface area contributed by atoms with E-state index in [0.717, 1.165) is 6.07 Å². The van der Waals surface area contributed by atoms with Crippen LogP contribution in [0.25, 0.3) is 0 Å². The molecule has 0 aliphatic rings.